The summed E-state index contributed by atoms with van der Waals surface area (Å²) in [4.78, 5) is 4.36. The quantitative estimate of drug-likeness (QED) is 0.843. The Balaban J connectivity index is 1.73. The molecule has 0 bridgehead atoms. The fourth-order valence-electron chi connectivity index (χ4n) is 2.17. The van der Waals surface area contributed by atoms with E-state index in [0.29, 0.717) is 29.8 Å². The number of hydrogen-bond acceptors (Lipinski definition) is 6. The summed E-state index contributed by atoms with van der Waals surface area (Å²) in [6.07, 6.45) is 2.28. The lowest BCUT2D eigenvalue weighted by molar-refractivity contribution is 0.266. The maximum absolute atomic E-state index is 5.86. The number of nitrogens with one attached hydrogen (secondary N) is 1. The van der Waals surface area contributed by atoms with Gasteiger partial charge in [0.25, 0.3) is 0 Å². The lowest BCUT2D eigenvalue weighted by atomic mass is 10.2. The summed E-state index contributed by atoms with van der Waals surface area (Å²) in [6.45, 7) is 0.972. The summed E-state index contributed by atoms with van der Waals surface area (Å²) in [5.74, 6) is 3.17. The van der Waals surface area contributed by atoms with E-state index in [1.54, 1.807) is 7.11 Å². The van der Waals surface area contributed by atoms with E-state index in [1.165, 1.54) is 0 Å². The standard InChI is InChI=1S/C15H19N3O3/c1-16-8-11-4-3-5-12(19-2)14(11)20-9-13-17-15(21-18-13)10-6-7-10/h3-5,10,16H,6-9H2,1-2H3. The van der Waals surface area contributed by atoms with Crippen LogP contribution in [-0.2, 0) is 13.2 Å². The van der Waals surface area contributed by atoms with Gasteiger partial charge >= 0.3 is 0 Å². The predicted octanol–water partition coefficient (Wildman–Crippen LogP) is 2.25. The van der Waals surface area contributed by atoms with Crippen LogP contribution in [0, 0.1) is 0 Å². The van der Waals surface area contributed by atoms with Gasteiger partial charge in [0.1, 0.15) is 0 Å². The van der Waals surface area contributed by atoms with E-state index in [1.807, 2.05) is 25.2 Å². The molecule has 6 heteroatoms. The van der Waals surface area contributed by atoms with Crippen molar-refractivity contribution in [3.63, 3.8) is 0 Å². The fraction of sp³-hybridized carbons (Fsp3) is 0.467. The zero-order valence-electron chi connectivity index (χ0n) is 12.3. The highest BCUT2D eigenvalue weighted by Crippen LogP contribution is 2.39. The van der Waals surface area contributed by atoms with Crippen LogP contribution >= 0.6 is 0 Å². The molecular formula is C15H19N3O3. The Morgan fingerprint density at radius 1 is 1.38 bits per heavy atom. The largest absolute Gasteiger partial charge is 0.493 e. The fourth-order valence-corrected chi connectivity index (χ4v) is 2.17. The zero-order chi connectivity index (χ0) is 14.7. The lowest BCUT2D eigenvalue weighted by Gasteiger charge is -2.13. The van der Waals surface area contributed by atoms with Crippen molar-refractivity contribution in [3.05, 3.63) is 35.5 Å². The third-order valence-electron chi connectivity index (χ3n) is 3.40. The molecule has 2 aromatic rings. The van der Waals surface area contributed by atoms with Crippen molar-refractivity contribution in [2.24, 2.45) is 0 Å². The molecule has 1 saturated carbocycles. The SMILES string of the molecule is CNCc1cccc(OC)c1OCc1noc(C2CC2)n1. The molecule has 112 valence electrons. The minimum absolute atomic E-state index is 0.271. The highest BCUT2D eigenvalue weighted by Gasteiger charge is 2.29. The maximum atomic E-state index is 5.86. The number of para-hydroxylation sites is 1. The molecule has 0 amide bonds. The molecule has 1 aromatic heterocycles. The molecule has 3 rings (SSSR count). The third kappa shape index (κ3) is 3.16. The maximum Gasteiger partial charge on any atom is 0.229 e. The highest BCUT2D eigenvalue weighted by molar-refractivity contribution is 5.46. The Kier molecular flexibility index (Phi) is 4.06. The predicted molar refractivity (Wildman–Crippen MR) is 76.4 cm³/mol. The number of rotatable bonds is 7. The Morgan fingerprint density at radius 3 is 2.95 bits per heavy atom. The van der Waals surface area contributed by atoms with Crippen LogP contribution in [-0.4, -0.2) is 24.3 Å². The van der Waals surface area contributed by atoms with E-state index in [-0.39, 0.29) is 6.61 Å². The topological polar surface area (TPSA) is 69.4 Å². The van der Waals surface area contributed by atoms with Crippen LogP contribution in [0.15, 0.2) is 22.7 Å². The molecule has 6 nitrogen and oxygen atoms in total. The molecule has 1 aliphatic rings. The highest BCUT2D eigenvalue weighted by atomic mass is 16.5. The normalized spacial score (nSPS) is 14.2. The first-order valence-electron chi connectivity index (χ1n) is 7.07. The molecule has 0 radical (unpaired) electrons. The van der Waals surface area contributed by atoms with E-state index in [9.17, 15) is 0 Å². The van der Waals surface area contributed by atoms with Crippen LogP contribution in [0.4, 0.5) is 0 Å². The smallest absolute Gasteiger partial charge is 0.229 e. The Morgan fingerprint density at radius 2 is 2.24 bits per heavy atom. The van der Waals surface area contributed by atoms with Gasteiger partial charge in [0.05, 0.1) is 7.11 Å². The first kappa shape index (κ1) is 13.9. The number of methoxy groups -OCH3 is 1. The Bertz CT molecular complexity index is 608. The lowest BCUT2D eigenvalue weighted by Crippen LogP contribution is -2.09. The van der Waals surface area contributed by atoms with Crippen LogP contribution in [0.2, 0.25) is 0 Å². The first-order chi connectivity index (χ1) is 10.3. The summed E-state index contributed by atoms with van der Waals surface area (Å²) in [6, 6.07) is 5.82. The molecule has 0 atom stereocenters. The van der Waals surface area contributed by atoms with Crippen molar-refractivity contribution in [3.8, 4) is 11.5 Å². The van der Waals surface area contributed by atoms with Crippen molar-refractivity contribution in [1.82, 2.24) is 15.5 Å². The monoisotopic (exact) mass is 289 g/mol. The molecule has 0 aliphatic heterocycles. The van der Waals surface area contributed by atoms with E-state index < -0.39 is 0 Å². The second-order valence-electron chi connectivity index (χ2n) is 5.09. The molecule has 1 heterocycles. The molecule has 0 spiro atoms. The summed E-state index contributed by atoms with van der Waals surface area (Å²) >= 11 is 0. The molecule has 21 heavy (non-hydrogen) atoms. The summed E-state index contributed by atoms with van der Waals surface area (Å²) in [7, 11) is 3.52. The Labute approximate surface area is 123 Å². The van der Waals surface area contributed by atoms with Gasteiger partial charge in [-0.3, -0.25) is 0 Å². The molecule has 0 saturated heterocycles. The minimum atomic E-state index is 0.271. The summed E-state index contributed by atoms with van der Waals surface area (Å²) in [5, 5.41) is 7.07. The van der Waals surface area contributed by atoms with E-state index in [2.05, 4.69) is 15.5 Å². The van der Waals surface area contributed by atoms with Crippen LogP contribution in [0.5, 0.6) is 11.5 Å². The van der Waals surface area contributed by atoms with E-state index in [0.717, 1.165) is 24.3 Å². The molecule has 1 aromatic carbocycles. The van der Waals surface area contributed by atoms with Crippen molar-refractivity contribution in [2.75, 3.05) is 14.2 Å². The molecule has 1 fully saturated rings. The molecule has 0 unspecified atom stereocenters. The summed E-state index contributed by atoms with van der Waals surface area (Å²) < 4.78 is 16.4. The third-order valence-corrected chi connectivity index (χ3v) is 3.40. The second kappa shape index (κ2) is 6.13. The molecule has 1 aliphatic carbocycles. The van der Waals surface area contributed by atoms with Gasteiger partial charge in [0.2, 0.25) is 11.7 Å². The van der Waals surface area contributed by atoms with Gasteiger partial charge in [-0.2, -0.15) is 4.98 Å². The van der Waals surface area contributed by atoms with Crippen LogP contribution in [0.1, 0.15) is 36.0 Å². The van der Waals surface area contributed by atoms with Crippen molar-refractivity contribution >= 4 is 0 Å². The number of ether oxygens (including phenoxy) is 2. The molecule has 1 N–H and O–H groups in total. The van der Waals surface area contributed by atoms with Crippen LogP contribution in [0.3, 0.4) is 0 Å². The summed E-state index contributed by atoms with van der Waals surface area (Å²) in [5.41, 5.74) is 1.03. The van der Waals surface area contributed by atoms with Crippen LogP contribution < -0.4 is 14.8 Å². The van der Waals surface area contributed by atoms with E-state index >= 15 is 0 Å². The minimum Gasteiger partial charge on any atom is -0.493 e. The average Bonchev–Trinajstić information content (AvgIpc) is 3.25. The molecular weight excluding hydrogens is 270 g/mol. The van der Waals surface area contributed by atoms with Gasteiger partial charge in [0, 0.05) is 18.0 Å². The Hall–Kier alpha value is -2.08. The second-order valence-corrected chi connectivity index (χ2v) is 5.09. The van der Waals surface area contributed by atoms with Crippen LogP contribution in [0.25, 0.3) is 0 Å². The van der Waals surface area contributed by atoms with Gasteiger partial charge in [-0.05, 0) is 26.0 Å². The van der Waals surface area contributed by atoms with Gasteiger partial charge in [-0.15, -0.1) is 0 Å². The number of aromatic nitrogens is 2. The zero-order valence-corrected chi connectivity index (χ0v) is 12.3. The van der Waals surface area contributed by atoms with Crippen molar-refractivity contribution in [1.29, 1.82) is 0 Å². The number of nitrogens with zero attached hydrogens (tertiary/aromatic N) is 2. The first-order valence-corrected chi connectivity index (χ1v) is 7.07. The van der Waals surface area contributed by atoms with Gasteiger partial charge in [0.15, 0.2) is 18.1 Å². The van der Waals surface area contributed by atoms with Gasteiger partial charge in [-0.25, -0.2) is 0 Å². The van der Waals surface area contributed by atoms with Crippen molar-refractivity contribution in [2.45, 2.75) is 31.9 Å². The van der Waals surface area contributed by atoms with Gasteiger partial charge < -0.3 is 19.3 Å². The number of hydrogen-bond donors (Lipinski definition) is 1. The van der Waals surface area contributed by atoms with Gasteiger partial charge in [-0.1, -0.05) is 17.3 Å². The van der Waals surface area contributed by atoms with Crippen molar-refractivity contribution < 1.29 is 14.0 Å². The van der Waals surface area contributed by atoms with E-state index in [4.69, 9.17) is 14.0 Å². The average molecular weight is 289 g/mol. The number of benzene rings is 1.